The molecule has 0 bridgehead atoms. The first-order valence-electron chi connectivity index (χ1n) is 10.5. The molecule has 0 atom stereocenters. The summed E-state index contributed by atoms with van der Waals surface area (Å²) >= 11 is 0. The van der Waals surface area contributed by atoms with Crippen LogP contribution in [0, 0.1) is 0 Å². The van der Waals surface area contributed by atoms with Gasteiger partial charge in [0.15, 0.2) is 0 Å². The molecule has 0 aliphatic rings. The van der Waals surface area contributed by atoms with Gasteiger partial charge in [-0.05, 0) is 55.5 Å². The van der Waals surface area contributed by atoms with Crippen LogP contribution in [0.3, 0.4) is 0 Å². The molecule has 1 aromatic heterocycles. The maximum atomic E-state index is 13.0. The number of nitrogens with one attached hydrogen (secondary N) is 1. The second-order valence-corrected chi connectivity index (χ2v) is 9.28. The van der Waals surface area contributed by atoms with Crippen LogP contribution in [0.15, 0.2) is 88.2 Å². The van der Waals surface area contributed by atoms with Crippen molar-refractivity contribution in [2.24, 2.45) is 0 Å². The van der Waals surface area contributed by atoms with Gasteiger partial charge in [-0.15, -0.1) is 0 Å². The second-order valence-electron chi connectivity index (χ2n) is 7.31. The number of rotatable bonds is 7. The lowest BCUT2D eigenvalue weighted by atomic mass is 10.2. The van der Waals surface area contributed by atoms with Crippen molar-refractivity contribution in [1.82, 2.24) is 0 Å². The second kappa shape index (κ2) is 9.40. The predicted octanol–water partition coefficient (Wildman–Crippen LogP) is 4.69. The molecule has 3 aromatic carbocycles. The zero-order valence-electron chi connectivity index (χ0n) is 18.5. The largest absolute Gasteiger partial charge is 0.460 e. The third-order valence-corrected chi connectivity index (χ3v) is 6.99. The molecular weight excluding hydrogens is 456 g/mol. The average Bonchev–Trinajstić information content (AvgIpc) is 3.22. The lowest BCUT2D eigenvalue weighted by Gasteiger charge is -2.19. The van der Waals surface area contributed by atoms with Crippen LogP contribution in [-0.2, 0) is 14.8 Å². The van der Waals surface area contributed by atoms with Crippen molar-refractivity contribution in [3.8, 4) is 0 Å². The van der Waals surface area contributed by atoms with E-state index in [0.717, 1.165) is 0 Å². The number of fused-ring (bicyclic) bond motifs is 1. The minimum atomic E-state index is -3.81. The van der Waals surface area contributed by atoms with Crippen LogP contribution >= 0.6 is 0 Å². The first-order valence-corrected chi connectivity index (χ1v) is 11.9. The molecule has 1 N–H and O–H groups in total. The summed E-state index contributed by atoms with van der Waals surface area (Å²) in [7, 11) is -2.35. The molecule has 9 heteroatoms. The van der Waals surface area contributed by atoms with Gasteiger partial charge in [-0.2, -0.15) is 0 Å². The molecule has 0 saturated heterocycles. The topological polar surface area (TPSA) is 106 Å². The number of ether oxygens (including phenoxy) is 1. The molecule has 34 heavy (non-hydrogen) atoms. The van der Waals surface area contributed by atoms with Gasteiger partial charge in [0, 0.05) is 18.0 Å². The van der Waals surface area contributed by atoms with Gasteiger partial charge in [0.2, 0.25) is 5.76 Å². The van der Waals surface area contributed by atoms with Crippen LogP contribution in [0.1, 0.15) is 27.8 Å². The van der Waals surface area contributed by atoms with E-state index in [1.54, 1.807) is 61.5 Å². The highest BCUT2D eigenvalue weighted by Gasteiger charge is 2.25. The molecular formula is C25H22N2O6S. The van der Waals surface area contributed by atoms with Crippen molar-refractivity contribution in [3.63, 3.8) is 0 Å². The fraction of sp³-hybridized carbons (Fsp3) is 0.120. The fourth-order valence-electron chi connectivity index (χ4n) is 3.41. The van der Waals surface area contributed by atoms with E-state index < -0.39 is 21.9 Å². The number of sulfonamides is 1. The van der Waals surface area contributed by atoms with E-state index in [0.29, 0.717) is 16.7 Å². The van der Waals surface area contributed by atoms with Gasteiger partial charge in [0.25, 0.3) is 15.9 Å². The maximum absolute atomic E-state index is 13.0. The average molecular weight is 479 g/mol. The van der Waals surface area contributed by atoms with E-state index in [2.05, 4.69) is 5.32 Å². The molecule has 174 valence electrons. The maximum Gasteiger partial charge on any atom is 0.376 e. The number of esters is 1. The molecule has 0 aliphatic heterocycles. The highest BCUT2D eigenvalue weighted by Crippen LogP contribution is 2.32. The SMILES string of the molecule is CCOC(=O)c1oc2ccccc2c1NC(=O)c1ccc(S(=O)(=O)N(C)c2ccccc2)cc1. The molecule has 1 amide bonds. The number of furan rings is 1. The Hall–Kier alpha value is -4.11. The number of anilines is 2. The molecule has 8 nitrogen and oxygen atoms in total. The third kappa shape index (κ3) is 4.38. The number of hydrogen-bond acceptors (Lipinski definition) is 6. The smallest absolute Gasteiger partial charge is 0.376 e. The minimum Gasteiger partial charge on any atom is -0.460 e. The quantitative estimate of drug-likeness (QED) is 0.387. The molecule has 4 aromatic rings. The zero-order valence-corrected chi connectivity index (χ0v) is 19.3. The Morgan fingerprint density at radius 3 is 2.26 bits per heavy atom. The number of amides is 1. The Morgan fingerprint density at radius 1 is 0.941 bits per heavy atom. The van der Waals surface area contributed by atoms with E-state index in [4.69, 9.17) is 9.15 Å². The van der Waals surface area contributed by atoms with Crippen LogP contribution in [-0.4, -0.2) is 33.9 Å². The summed E-state index contributed by atoms with van der Waals surface area (Å²) in [5.74, 6) is -1.34. The van der Waals surface area contributed by atoms with Crippen molar-refractivity contribution < 1.29 is 27.2 Å². The third-order valence-electron chi connectivity index (χ3n) is 5.19. The van der Waals surface area contributed by atoms with Crippen molar-refractivity contribution in [2.75, 3.05) is 23.3 Å². The lowest BCUT2D eigenvalue weighted by molar-refractivity contribution is 0.0494. The van der Waals surface area contributed by atoms with Gasteiger partial charge in [0.1, 0.15) is 11.3 Å². The molecule has 4 rings (SSSR count). The highest BCUT2D eigenvalue weighted by molar-refractivity contribution is 7.92. The van der Waals surface area contributed by atoms with Gasteiger partial charge in [0.05, 0.1) is 17.2 Å². The molecule has 1 heterocycles. The van der Waals surface area contributed by atoms with Crippen molar-refractivity contribution >= 4 is 44.2 Å². The van der Waals surface area contributed by atoms with Gasteiger partial charge in [-0.25, -0.2) is 13.2 Å². The number of carbonyl (C=O) groups is 2. The van der Waals surface area contributed by atoms with Crippen LogP contribution in [0.5, 0.6) is 0 Å². The Balaban J connectivity index is 1.60. The lowest BCUT2D eigenvalue weighted by Crippen LogP contribution is -2.26. The molecule has 0 saturated carbocycles. The fourth-order valence-corrected chi connectivity index (χ4v) is 4.60. The summed E-state index contributed by atoms with van der Waals surface area (Å²) in [6.07, 6.45) is 0. The van der Waals surface area contributed by atoms with E-state index >= 15 is 0 Å². The van der Waals surface area contributed by atoms with Crippen LogP contribution in [0.25, 0.3) is 11.0 Å². The number of para-hydroxylation sites is 2. The van der Waals surface area contributed by atoms with Crippen LogP contribution in [0.4, 0.5) is 11.4 Å². The number of carbonyl (C=O) groups excluding carboxylic acids is 2. The highest BCUT2D eigenvalue weighted by atomic mass is 32.2. The zero-order chi connectivity index (χ0) is 24.3. The predicted molar refractivity (Wildman–Crippen MR) is 129 cm³/mol. The first kappa shape index (κ1) is 23.1. The summed E-state index contributed by atoms with van der Waals surface area (Å²) in [5.41, 5.74) is 1.34. The molecule has 0 radical (unpaired) electrons. The first-order chi connectivity index (χ1) is 16.3. The van der Waals surface area contributed by atoms with Crippen molar-refractivity contribution in [2.45, 2.75) is 11.8 Å². The van der Waals surface area contributed by atoms with Crippen LogP contribution < -0.4 is 9.62 Å². The van der Waals surface area contributed by atoms with Crippen molar-refractivity contribution in [3.05, 3.63) is 90.2 Å². The van der Waals surface area contributed by atoms with Crippen molar-refractivity contribution in [1.29, 1.82) is 0 Å². The normalized spacial score (nSPS) is 11.2. The van der Waals surface area contributed by atoms with E-state index in [-0.39, 0.29) is 28.5 Å². The summed E-state index contributed by atoms with van der Waals surface area (Å²) < 4.78 is 37.7. The Kier molecular flexibility index (Phi) is 6.38. The molecule has 0 spiro atoms. The summed E-state index contributed by atoms with van der Waals surface area (Å²) in [4.78, 5) is 25.3. The van der Waals surface area contributed by atoms with Gasteiger partial charge in [-0.3, -0.25) is 9.10 Å². The monoisotopic (exact) mass is 478 g/mol. The number of benzene rings is 3. The Labute approximate surface area is 196 Å². The Morgan fingerprint density at radius 2 is 1.59 bits per heavy atom. The van der Waals surface area contributed by atoms with E-state index in [9.17, 15) is 18.0 Å². The molecule has 0 fully saturated rings. The van der Waals surface area contributed by atoms with Gasteiger partial charge < -0.3 is 14.5 Å². The summed E-state index contributed by atoms with van der Waals surface area (Å²) in [6, 6.07) is 21.1. The standard InChI is InChI=1S/C25H22N2O6S/c1-3-32-25(29)23-22(20-11-7-8-12-21(20)33-23)26-24(28)17-13-15-19(16-14-17)34(30,31)27(2)18-9-5-4-6-10-18/h4-16H,3H2,1-2H3,(H,26,28). The molecule has 0 unspecified atom stereocenters. The number of hydrogen-bond donors (Lipinski definition) is 1. The van der Waals surface area contributed by atoms with E-state index in [1.165, 1.54) is 35.6 Å². The number of nitrogens with zero attached hydrogens (tertiary/aromatic N) is 1. The van der Waals surface area contributed by atoms with Crippen LogP contribution in [0.2, 0.25) is 0 Å². The van der Waals surface area contributed by atoms with E-state index in [1.807, 2.05) is 0 Å². The minimum absolute atomic E-state index is 0.0383. The van der Waals surface area contributed by atoms with Gasteiger partial charge >= 0.3 is 5.97 Å². The van der Waals surface area contributed by atoms with Gasteiger partial charge in [-0.1, -0.05) is 30.3 Å². The summed E-state index contributed by atoms with van der Waals surface area (Å²) in [6.45, 7) is 1.82. The Bertz CT molecular complexity index is 1440. The summed E-state index contributed by atoms with van der Waals surface area (Å²) in [5, 5.41) is 3.25. The molecule has 0 aliphatic carbocycles.